The van der Waals surface area contributed by atoms with Crippen LogP contribution >= 0.6 is 0 Å². The minimum absolute atomic E-state index is 0.0745. The van der Waals surface area contributed by atoms with E-state index < -0.39 is 12.2 Å². The summed E-state index contributed by atoms with van der Waals surface area (Å²) in [7, 11) is 0. The molecule has 3 nitrogen and oxygen atoms in total. The highest BCUT2D eigenvalue weighted by molar-refractivity contribution is 5.73. The molecule has 1 fully saturated rings. The van der Waals surface area contributed by atoms with Gasteiger partial charge in [-0.15, -0.1) is 0 Å². The largest absolute Gasteiger partial charge is 0.455 e. The van der Waals surface area contributed by atoms with Gasteiger partial charge in [-0.25, -0.2) is 0 Å². The van der Waals surface area contributed by atoms with Gasteiger partial charge in [-0.1, -0.05) is 54.6 Å². The van der Waals surface area contributed by atoms with E-state index >= 15 is 0 Å². The van der Waals surface area contributed by atoms with E-state index in [9.17, 15) is 9.90 Å². The molecule has 0 amide bonds. The van der Waals surface area contributed by atoms with E-state index in [0.29, 0.717) is 0 Å². The number of aliphatic hydroxyl groups is 1. The van der Waals surface area contributed by atoms with Gasteiger partial charge in [0, 0.05) is 0 Å². The zero-order chi connectivity index (χ0) is 13.2. The van der Waals surface area contributed by atoms with Crippen molar-refractivity contribution in [3.63, 3.8) is 0 Å². The van der Waals surface area contributed by atoms with Crippen LogP contribution in [-0.2, 0) is 9.53 Å². The van der Waals surface area contributed by atoms with Crippen molar-refractivity contribution in [3.05, 3.63) is 60.2 Å². The monoisotopic (exact) mass is 254 g/mol. The summed E-state index contributed by atoms with van der Waals surface area (Å²) in [4.78, 5) is 11.1. The summed E-state index contributed by atoms with van der Waals surface area (Å²) in [6.45, 7) is 0. The first-order valence-corrected chi connectivity index (χ1v) is 6.27. The molecule has 19 heavy (non-hydrogen) atoms. The van der Waals surface area contributed by atoms with Crippen LogP contribution in [0.25, 0.3) is 11.1 Å². The zero-order valence-electron chi connectivity index (χ0n) is 10.3. The van der Waals surface area contributed by atoms with Crippen molar-refractivity contribution in [3.8, 4) is 11.1 Å². The molecule has 96 valence electrons. The fraction of sp³-hybridized carbons (Fsp3) is 0.188. The number of cyclic esters (lactones) is 1. The molecule has 2 unspecified atom stereocenters. The van der Waals surface area contributed by atoms with Gasteiger partial charge in [0.25, 0.3) is 0 Å². The lowest BCUT2D eigenvalue weighted by Crippen LogP contribution is -2.11. The summed E-state index contributed by atoms with van der Waals surface area (Å²) in [5.41, 5.74) is 3.07. The molecule has 3 heteroatoms. The summed E-state index contributed by atoms with van der Waals surface area (Å²) in [5, 5.41) is 9.75. The van der Waals surface area contributed by atoms with Crippen molar-refractivity contribution in [1.29, 1.82) is 0 Å². The molecule has 1 N–H and O–H groups in total. The van der Waals surface area contributed by atoms with E-state index in [2.05, 4.69) is 0 Å². The average molecular weight is 254 g/mol. The fourth-order valence-electron chi connectivity index (χ4n) is 2.33. The number of rotatable bonds is 2. The Morgan fingerprint density at radius 1 is 0.947 bits per heavy atom. The molecule has 0 radical (unpaired) electrons. The van der Waals surface area contributed by atoms with E-state index in [1.165, 1.54) is 0 Å². The molecule has 3 rings (SSSR count). The van der Waals surface area contributed by atoms with Crippen LogP contribution in [0.5, 0.6) is 0 Å². The summed E-state index contributed by atoms with van der Waals surface area (Å²) >= 11 is 0. The Morgan fingerprint density at radius 3 is 2.16 bits per heavy atom. The molecule has 0 aromatic heterocycles. The number of hydrogen-bond acceptors (Lipinski definition) is 3. The van der Waals surface area contributed by atoms with Gasteiger partial charge in [0.1, 0.15) is 6.10 Å². The lowest BCUT2D eigenvalue weighted by Gasteiger charge is -2.13. The second kappa shape index (κ2) is 4.86. The van der Waals surface area contributed by atoms with Gasteiger partial charge in [0.05, 0.1) is 6.42 Å². The van der Waals surface area contributed by atoms with Crippen molar-refractivity contribution >= 4 is 5.97 Å². The highest BCUT2D eigenvalue weighted by Gasteiger charge is 2.34. The summed E-state index contributed by atoms with van der Waals surface area (Å²) < 4.78 is 5.12. The van der Waals surface area contributed by atoms with Crippen LogP contribution in [0.2, 0.25) is 0 Å². The molecule has 0 spiro atoms. The second-order valence-electron chi connectivity index (χ2n) is 4.67. The third-order valence-electron chi connectivity index (χ3n) is 3.33. The highest BCUT2D eigenvalue weighted by Crippen LogP contribution is 2.31. The summed E-state index contributed by atoms with van der Waals surface area (Å²) in [6, 6.07) is 17.8. The number of carbonyl (C=O) groups excluding carboxylic acids is 1. The maximum atomic E-state index is 11.1. The van der Waals surface area contributed by atoms with Gasteiger partial charge < -0.3 is 9.84 Å². The SMILES string of the molecule is O=C1CC(O)C(c2ccc(-c3ccccc3)cc2)O1. The van der Waals surface area contributed by atoms with Gasteiger partial charge >= 0.3 is 5.97 Å². The minimum atomic E-state index is -0.741. The van der Waals surface area contributed by atoms with Gasteiger partial charge in [0.2, 0.25) is 0 Å². The first kappa shape index (κ1) is 11.9. The summed E-state index contributed by atoms with van der Waals surface area (Å²) in [5.74, 6) is -0.343. The third kappa shape index (κ3) is 2.37. The topological polar surface area (TPSA) is 46.5 Å². The van der Waals surface area contributed by atoms with E-state index in [1.54, 1.807) is 0 Å². The lowest BCUT2D eigenvalue weighted by molar-refractivity contribution is -0.142. The third-order valence-corrected chi connectivity index (χ3v) is 3.33. The van der Waals surface area contributed by atoms with Crippen molar-refractivity contribution in [2.75, 3.05) is 0 Å². The maximum absolute atomic E-state index is 11.1. The molecule has 0 saturated carbocycles. The van der Waals surface area contributed by atoms with Crippen LogP contribution in [-0.4, -0.2) is 17.2 Å². The van der Waals surface area contributed by atoms with Crippen LogP contribution in [0.4, 0.5) is 0 Å². The molecular formula is C16H14O3. The Labute approximate surface area is 111 Å². The normalized spacial score (nSPS) is 22.3. The van der Waals surface area contributed by atoms with Crippen molar-refractivity contribution in [2.24, 2.45) is 0 Å². The number of esters is 1. The number of aliphatic hydroxyl groups excluding tert-OH is 1. The summed E-state index contributed by atoms with van der Waals surface area (Å²) in [6.07, 6.45) is -1.20. The highest BCUT2D eigenvalue weighted by atomic mass is 16.6. The number of hydrogen-bond donors (Lipinski definition) is 1. The van der Waals surface area contributed by atoms with E-state index in [-0.39, 0.29) is 12.4 Å². The predicted octanol–water partition coefficient (Wildman–Crippen LogP) is 2.70. The van der Waals surface area contributed by atoms with Gasteiger partial charge in [-0.3, -0.25) is 4.79 Å². The average Bonchev–Trinajstić information content (AvgIpc) is 2.79. The second-order valence-corrected chi connectivity index (χ2v) is 4.67. The minimum Gasteiger partial charge on any atom is -0.455 e. The van der Waals surface area contributed by atoms with E-state index in [4.69, 9.17) is 4.74 Å². The molecule has 2 atom stereocenters. The molecule has 1 aliphatic rings. The molecule has 2 aromatic rings. The Morgan fingerprint density at radius 2 is 1.58 bits per heavy atom. The molecular weight excluding hydrogens is 240 g/mol. The van der Waals surface area contributed by atoms with Gasteiger partial charge in [-0.05, 0) is 16.7 Å². The van der Waals surface area contributed by atoms with Crippen LogP contribution in [0.3, 0.4) is 0 Å². The molecule has 0 bridgehead atoms. The van der Waals surface area contributed by atoms with Crippen LogP contribution in [0.15, 0.2) is 54.6 Å². The Kier molecular flexibility index (Phi) is 3.05. The van der Waals surface area contributed by atoms with Crippen molar-refractivity contribution < 1.29 is 14.6 Å². The zero-order valence-corrected chi connectivity index (χ0v) is 10.3. The molecule has 1 saturated heterocycles. The van der Waals surface area contributed by atoms with E-state index in [0.717, 1.165) is 16.7 Å². The molecule has 0 aliphatic carbocycles. The number of ether oxygens (including phenoxy) is 1. The Bertz CT molecular complexity index is 575. The van der Waals surface area contributed by atoms with Gasteiger partial charge in [0.15, 0.2) is 6.10 Å². The van der Waals surface area contributed by atoms with Gasteiger partial charge in [-0.2, -0.15) is 0 Å². The molecule has 2 aromatic carbocycles. The van der Waals surface area contributed by atoms with Crippen LogP contribution < -0.4 is 0 Å². The standard InChI is InChI=1S/C16H14O3/c17-14-10-15(18)19-16(14)13-8-6-12(7-9-13)11-4-2-1-3-5-11/h1-9,14,16-17H,10H2. The quantitative estimate of drug-likeness (QED) is 0.838. The Balaban J connectivity index is 1.85. The van der Waals surface area contributed by atoms with E-state index in [1.807, 2.05) is 54.6 Å². The maximum Gasteiger partial charge on any atom is 0.309 e. The van der Waals surface area contributed by atoms with Crippen molar-refractivity contribution in [2.45, 2.75) is 18.6 Å². The first-order chi connectivity index (χ1) is 9.24. The fourth-order valence-corrected chi connectivity index (χ4v) is 2.33. The van der Waals surface area contributed by atoms with Crippen LogP contribution in [0.1, 0.15) is 18.1 Å². The van der Waals surface area contributed by atoms with Crippen molar-refractivity contribution in [1.82, 2.24) is 0 Å². The first-order valence-electron chi connectivity index (χ1n) is 6.27. The smallest absolute Gasteiger partial charge is 0.309 e. The molecule has 1 aliphatic heterocycles. The lowest BCUT2D eigenvalue weighted by atomic mass is 10.00. The number of benzene rings is 2. The molecule has 1 heterocycles. The van der Waals surface area contributed by atoms with Crippen LogP contribution in [0, 0.1) is 0 Å². The number of carbonyl (C=O) groups is 1. The predicted molar refractivity (Wildman–Crippen MR) is 71.3 cm³/mol. The Hall–Kier alpha value is -2.13.